The van der Waals surface area contributed by atoms with Crippen LogP contribution < -0.4 is 10.6 Å². The topological polar surface area (TPSA) is 75.3 Å². The first-order chi connectivity index (χ1) is 8.05. The number of rotatable bonds is 3. The molecule has 92 valence electrons. The normalized spacial score (nSPS) is 18.1. The Morgan fingerprint density at radius 3 is 2.47 bits per heavy atom. The minimum atomic E-state index is -2.89. The number of nitrogens with one attached hydrogen (secondary N) is 2. The molecule has 0 aliphatic carbocycles. The van der Waals surface area contributed by atoms with Crippen molar-refractivity contribution < 1.29 is 13.2 Å². The second-order valence-corrected chi connectivity index (χ2v) is 6.24. The largest absolute Gasteiger partial charge is 0.334 e. The van der Waals surface area contributed by atoms with E-state index in [9.17, 15) is 13.2 Å². The Bertz CT molecular complexity index is 487. The second-order valence-electron chi connectivity index (χ2n) is 4.09. The molecular formula is C11H14N2O3S. The van der Waals surface area contributed by atoms with Crippen molar-refractivity contribution in [1.82, 2.24) is 10.6 Å². The molecule has 1 aromatic rings. The maximum Gasteiger partial charge on any atom is 0.315 e. The Hall–Kier alpha value is -1.56. The van der Waals surface area contributed by atoms with E-state index >= 15 is 0 Å². The predicted molar refractivity (Wildman–Crippen MR) is 64.3 cm³/mol. The maximum atomic E-state index is 11.4. The first kappa shape index (κ1) is 11.9. The average Bonchev–Trinajstić information content (AvgIpc) is 2.25. The molecule has 1 heterocycles. The molecule has 0 radical (unpaired) electrons. The lowest BCUT2D eigenvalue weighted by Gasteiger charge is -2.26. The minimum Gasteiger partial charge on any atom is -0.334 e. The number of carbonyl (C=O) groups excluding carboxylic acids is 1. The van der Waals surface area contributed by atoms with Gasteiger partial charge in [-0.2, -0.15) is 0 Å². The van der Waals surface area contributed by atoms with Gasteiger partial charge >= 0.3 is 6.03 Å². The molecule has 0 atom stereocenters. The number of urea groups is 1. The van der Waals surface area contributed by atoms with Gasteiger partial charge in [-0.15, -0.1) is 0 Å². The molecule has 0 saturated carbocycles. The third-order valence-corrected chi connectivity index (χ3v) is 4.36. The van der Waals surface area contributed by atoms with Gasteiger partial charge in [-0.05, 0) is 5.56 Å². The summed E-state index contributed by atoms with van der Waals surface area (Å²) in [6.45, 7) is 0.437. The third kappa shape index (κ3) is 3.45. The average molecular weight is 254 g/mol. The highest BCUT2D eigenvalue weighted by Crippen LogP contribution is 2.09. The lowest BCUT2D eigenvalue weighted by molar-refractivity contribution is 0.237. The molecule has 2 amide bonds. The van der Waals surface area contributed by atoms with Crippen molar-refractivity contribution in [2.45, 2.75) is 12.6 Å². The predicted octanol–water partition coefficient (Wildman–Crippen LogP) is 0.283. The summed E-state index contributed by atoms with van der Waals surface area (Å²) >= 11 is 0. The molecule has 0 unspecified atom stereocenters. The van der Waals surface area contributed by atoms with E-state index in [0.717, 1.165) is 5.56 Å². The molecular weight excluding hydrogens is 240 g/mol. The zero-order chi connectivity index (χ0) is 12.3. The van der Waals surface area contributed by atoms with Crippen LogP contribution in [0.3, 0.4) is 0 Å². The standard InChI is InChI=1S/C11H14N2O3S/c14-11(13-10-7-17(15,16)8-10)12-6-9-4-2-1-3-5-9/h1-5,10H,6-8H2,(H2,12,13,14). The molecule has 1 aromatic carbocycles. The van der Waals surface area contributed by atoms with Gasteiger partial charge in [0.1, 0.15) is 0 Å². The smallest absolute Gasteiger partial charge is 0.315 e. The van der Waals surface area contributed by atoms with Crippen LogP contribution in [-0.2, 0) is 16.4 Å². The van der Waals surface area contributed by atoms with Gasteiger partial charge in [0.2, 0.25) is 0 Å². The van der Waals surface area contributed by atoms with Gasteiger partial charge in [0.05, 0.1) is 17.5 Å². The van der Waals surface area contributed by atoms with Gasteiger partial charge in [-0.25, -0.2) is 13.2 Å². The Balaban J connectivity index is 1.72. The fourth-order valence-electron chi connectivity index (χ4n) is 1.66. The Morgan fingerprint density at radius 1 is 1.24 bits per heavy atom. The quantitative estimate of drug-likeness (QED) is 0.813. The molecule has 6 heteroatoms. The molecule has 1 aliphatic rings. The molecule has 0 bridgehead atoms. The number of hydrogen-bond donors (Lipinski definition) is 2. The fourth-order valence-corrected chi connectivity index (χ4v) is 2.96. The van der Waals surface area contributed by atoms with Crippen LogP contribution in [-0.4, -0.2) is 32.0 Å². The molecule has 5 nitrogen and oxygen atoms in total. The Labute approximate surface area is 100 Å². The van der Waals surface area contributed by atoms with Crippen molar-refractivity contribution >= 4 is 15.9 Å². The second kappa shape index (κ2) is 4.75. The minimum absolute atomic E-state index is 0.0474. The lowest BCUT2D eigenvalue weighted by Crippen LogP contribution is -2.55. The summed E-state index contributed by atoms with van der Waals surface area (Å²) in [7, 11) is -2.89. The van der Waals surface area contributed by atoms with E-state index in [4.69, 9.17) is 0 Å². The van der Waals surface area contributed by atoms with Gasteiger partial charge in [0.25, 0.3) is 0 Å². The van der Waals surface area contributed by atoms with Crippen LogP contribution in [0.25, 0.3) is 0 Å². The van der Waals surface area contributed by atoms with Crippen LogP contribution >= 0.6 is 0 Å². The number of carbonyl (C=O) groups is 1. The number of amides is 2. The van der Waals surface area contributed by atoms with Gasteiger partial charge < -0.3 is 10.6 Å². The first-order valence-electron chi connectivity index (χ1n) is 5.34. The van der Waals surface area contributed by atoms with Crippen LogP contribution in [0.5, 0.6) is 0 Å². The summed E-state index contributed by atoms with van der Waals surface area (Å²) in [5, 5.41) is 5.29. The molecule has 2 N–H and O–H groups in total. The number of sulfone groups is 1. The number of benzene rings is 1. The van der Waals surface area contributed by atoms with Crippen molar-refractivity contribution in [3.8, 4) is 0 Å². The monoisotopic (exact) mass is 254 g/mol. The Kier molecular flexibility index (Phi) is 3.33. The zero-order valence-electron chi connectivity index (χ0n) is 9.22. The highest BCUT2D eigenvalue weighted by atomic mass is 32.2. The zero-order valence-corrected chi connectivity index (χ0v) is 10.0. The molecule has 1 aliphatic heterocycles. The van der Waals surface area contributed by atoms with Crippen LogP contribution in [0.1, 0.15) is 5.56 Å². The molecule has 0 spiro atoms. The molecule has 1 fully saturated rings. The number of hydrogen-bond acceptors (Lipinski definition) is 3. The van der Waals surface area contributed by atoms with Crippen molar-refractivity contribution in [3.63, 3.8) is 0 Å². The van der Waals surface area contributed by atoms with Gasteiger partial charge in [-0.3, -0.25) is 0 Å². The van der Waals surface area contributed by atoms with Crippen LogP contribution in [0.4, 0.5) is 4.79 Å². The van der Waals surface area contributed by atoms with Crippen LogP contribution in [0.2, 0.25) is 0 Å². The summed E-state index contributed by atoms with van der Waals surface area (Å²) in [5.41, 5.74) is 1.00. The van der Waals surface area contributed by atoms with Crippen molar-refractivity contribution in [2.24, 2.45) is 0 Å². The van der Waals surface area contributed by atoms with Gasteiger partial charge in [0.15, 0.2) is 9.84 Å². The summed E-state index contributed by atoms with van der Waals surface area (Å²) in [6, 6.07) is 8.95. The summed E-state index contributed by atoms with van der Waals surface area (Å²) in [4.78, 5) is 11.4. The van der Waals surface area contributed by atoms with Crippen molar-refractivity contribution in [3.05, 3.63) is 35.9 Å². The lowest BCUT2D eigenvalue weighted by atomic mass is 10.2. The molecule has 17 heavy (non-hydrogen) atoms. The van der Waals surface area contributed by atoms with E-state index < -0.39 is 9.84 Å². The molecule has 1 saturated heterocycles. The molecule has 0 aromatic heterocycles. The molecule has 2 rings (SSSR count). The van der Waals surface area contributed by atoms with E-state index in [0.29, 0.717) is 6.54 Å². The van der Waals surface area contributed by atoms with E-state index in [1.807, 2.05) is 30.3 Å². The third-order valence-electron chi connectivity index (χ3n) is 2.54. The highest BCUT2D eigenvalue weighted by Gasteiger charge is 2.34. The Morgan fingerprint density at radius 2 is 1.88 bits per heavy atom. The maximum absolute atomic E-state index is 11.4. The van der Waals surface area contributed by atoms with Gasteiger partial charge in [-0.1, -0.05) is 30.3 Å². The SMILES string of the molecule is O=C(NCc1ccccc1)NC1CS(=O)(=O)C1. The van der Waals surface area contributed by atoms with Crippen molar-refractivity contribution in [1.29, 1.82) is 0 Å². The van der Waals surface area contributed by atoms with Crippen LogP contribution in [0, 0.1) is 0 Å². The highest BCUT2D eigenvalue weighted by molar-refractivity contribution is 7.92. The van der Waals surface area contributed by atoms with Crippen molar-refractivity contribution in [2.75, 3.05) is 11.5 Å². The fraction of sp³-hybridized carbons (Fsp3) is 0.364. The first-order valence-corrected chi connectivity index (χ1v) is 7.16. The van der Waals surface area contributed by atoms with E-state index in [1.165, 1.54) is 0 Å². The summed E-state index contributed by atoms with van der Waals surface area (Å²) < 4.78 is 21.8. The van der Waals surface area contributed by atoms with Crippen LogP contribution in [0.15, 0.2) is 30.3 Å². The van der Waals surface area contributed by atoms with E-state index in [1.54, 1.807) is 0 Å². The van der Waals surface area contributed by atoms with Gasteiger partial charge in [0, 0.05) is 6.54 Å². The summed E-state index contributed by atoms with van der Waals surface area (Å²) in [5.74, 6) is 0.0948. The van der Waals surface area contributed by atoms with E-state index in [2.05, 4.69) is 10.6 Å². The summed E-state index contributed by atoms with van der Waals surface area (Å²) in [6.07, 6.45) is 0. The van der Waals surface area contributed by atoms with E-state index in [-0.39, 0.29) is 23.6 Å².